The Hall–Kier alpha value is -1.25. The maximum absolute atomic E-state index is 9.05. The Kier molecular flexibility index (Phi) is 4.26. The first-order chi connectivity index (χ1) is 9.32. The number of allylic oxidation sites excluding steroid dienone is 3. The van der Waals surface area contributed by atoms with Crippen LogP contribution in [-0.2, 0) is 0 Å². The summed E-state index contributed by atoms with van der Waals surface area (Å²) in [4.78, 5) is 0. The summed E-state index contributed by atoms with van der Waals surface area (Å²) in [6.07, 6.45) is 3.53. The maximum atomic E-state index is 9.05. The Morgan fingerprint density at radius 2 is 1.95 bits per heavy atom. The van der Waals surface area contributed by atoms with Gasteiger partial charge in [-0.2, -0.15) is 0 Å². The highest BCUT2D eigenvalue weighted by Crippen LogP contribution is 2.39. The summed E-state index contributed by atoms with van der Waals surface area (Å²) in [5, 5.41) is 13.4. The third-order valence-corrected chi connectivity index (χ3v) is 4.19. The fraction of sp³-hybridized carbons (Fsp3) is 0.312. The van der Waals surface area contributed by atoms with Crippen molar-refractivity contribution >= 4 is 34.5 Å². The molecule has 1 aromatic rings. The van der Waals surface area contributed by atoms with Crippen LogP contribution in [0.4, 0.5) is 0 Å². The number of benzene rings is 1. The zero-order chi connectivity index (χ0) is 14.9. The van der Waals surface area contributed by atoms with Crippen molar-refractivity contribution in [2.75, 3.05) is 0 Å². The minimum Gasteiger partial charge on any atom is -0.411 e. The van der Waals surface area contributed by atoms with Crippen molar-refractivity contribution in [3.8, 4) is 0 Å². The van der Waals surface area contributed by atoms with E-state index in [2.05, 4.69) is 25.6 Å². The molecule has 2 rings (SSSR count). The second-order valence-corrected chi connectivity index (χ2v) is 6.70. The van der Waals surface area contributed by atoms with E-state index in [1.54, 1.807) is 6.07 Å². The third-order valence-electron chi connectivity index (χ3n) is 3.45. The van der Waals surface area contributed by atoms with Crippen LogP contribution in [0.2, 0.25) is 10.0 Å². The molecule has 0 saturated carbocycles. The molecule has 0 amide bonds. The SMILES string of the molecule is C=C(C1=C/C(=N/O)CC(C)(C)C1)c1ccc(Cl)c(Cl)c1. The summed E-state index contributed by atoms with van der Waals surface area (Å²) in [5.41, 5.74) is 3.60. The smallest absolute Gasteiger partial charge is 0.0804 e. The molecule has 0 fully saturated rings. The van der Waals surface area contributed by atoms with Crippen LogP contribution >= 0.6 is 23.2 Å². The predicted molar refractivity (Wildman–Crippen MR) is 85.8 cm³/mol. The van der Waals surface area contributed by atoms with Gasteiger partial charge in [0.15, 0.2) is 0 Å². The van der Waals surface area contributed by atoms with Gasteiger partial charge in [-0.1, -0.05) is 54.9 Å². The van der Waals surface area contributed by atoms with Crippen molar-refractivity contribution in [3.63, 3.8) is 0 Å². The Bertz CT molecular complexity index is 615. The highest BCUT2D eigenvalue weighted by atomic mass is 35.5. The van der Waals surface area contributed by atoms with E-state index in [9.17, 15) is 0 Å². The van der Waals surface area contributed by atoms with Crippen molar-refractivity contribution in [2.45, 2.75) is 26.7 Å². The zero-order valence-corrected chi connectivity index (χ0v) is 13.1. The number of hydrogen-bond donors (Lipinski definition) is 1. The summed E-state index contributed by atoms with van der Waals surface area (Å²) >= 11 is 12.0. The van der Waals surface area contributed by atoms with Gasteiger partial charge in [0.1, 0.15) is 0 Å². The van der Waals surface area contributed by atoms with E-state index in [0.29, 0.717) is 15.8 Å². The van der Waals surface area contributed by atoms with Crippen molar-refractivity contribution in [3.05, 3.63) is 52.0 Å². The fourth-order valence-corrected chi connectivity index (χ4v) is 2.80. The van der Waals surface area contributed by atoms with Crippen LogP contribution in [-0.4, -0.2) is 10.9 Å². The summed E-state index contributed by atoms with van der Waals surface area (Å²) in [5.74, 6) is 0. The monoisotopic (exact) mass is 309 g/mol. The molecule has 1 aliphatic carbocycles. The molecule has 0 aliphatic heterocycles. The van der Waals surface area contributed by atoms with Crippen LogP contribution in [0.3, 0.4) is 0 Å². The largest absolute Gasteiger partial charge is 0.411 e. The average Bonchev–Trinajstić information content (AvgIpc) is 2.39. The summed E-state index contributed by atoms with van der Waals surface area (Å²) in [6.45, 7) is 8.44. The van der Waals surface area contributed by atoms with Crippen LogP contribution < -0.4 is 0 Å². The van der Waals surface area contributed by atoms with E-state index in [4.69, 9.17) is 28.4 Å². The first-order valence-corrected chi connectivity index (χ1v) is 7.14. The Morgan fingerprint density at radius 3 is 2.55 bits per heavy atom. The Labute approximate surface area is 129 Å². The van der Waals surface area contributed by atoms with Crippen molar-refractivity contribution in [1.29, 1.82) is 0 Å². The van der Waals surface area contributed by atoms with Gasteiger partial charge in [0.2, 0.25) is 0 Å². The second kappa shape index (κ2) is 5.63. The number of hydrogen-bond acceptors (Lipinski definition) is 2. The lowest BCUT2D eigenvalue weighted by molar-refractivity contribution is 0.308. The van der Waals surface area contributed by atoms with Crippen LogP contribution in [0, 0.1) is 5.41 Å². The number of oxime groups is 1. The van der Waals surface area contributed by atoms with E-state index in [1.807, 2.05) is 18.2 Å². The van der Waals surface area contributed by atoms with Crippen LogP contribution in [0.25, 0.3) is 5.57 Å². The molecule has 1 aliphatic rings. The number of halogens is 2. The van der Waals surface area contributed by atoms with Gasteiger partial charge in [-0.05, 0) is 53.2 Å². The Balaban J connectivity index is 2.37. The van der Waals surface area contributed by atoms with Gasteiger partial charge in [0, 0.05) is 0 Å². The van der Waals surface area contributed by atoms with Gasteiger partial charge < -0.3 is 5.21 Å². The minimum atomic E-state index is 0.0464. The molecule has 0 radical (unpaired) electrons. The molecule has 1 aromatic carbocycles. The zero-order valence-electron chi connectivity index (χ0n) is 11.6. The lowest BCUT2D eigenvalue weighted by atomic mass is 9.74. The molecule has 20 heavy (non-hydrogen) atoms. The summed E-state index contributed by atoms with van der Waals surface area (Å²) in [7, 11) is 0. The van der Waals surface area contributed by atoms with E-state index in [0.717, 1.165) is 29.6 Å². The normalized spacial score (nSPS) is 19.8. The topological polar surface area (TPSA) is 32.6 Å². The van der Waals surface area contributed by atoms with Gasteiger partial charge in [0.25, 0.3) is 0 Å². The molecule has 0 heterocycles. The van der Waals surface area contributed by atoms with Crippen molar-refractivity contribution < 1.29 is 5.21 Å². The molecule has 0 aromatic heterocycles. The van der Waals surface area contributed by atoms with Crippen LogP contribution in [0.15, 0.2) is 41.6 Å². The van der Waals surface area contributed by atoms with Gasteiger partial charge in [-0.25, -0.2) is 0 Å². The highest BCUT2D eigenvalue weighted by molar-refractivity contribution is 6.42. The molecule has 0 bridgehead atoms. The summed E-state index contributed by atoms with van der Waals surface area (Å²) in [6, 6.07) is 5.47. The van der Waals surface area contributed by atoms with Gasteiger partial charge in [0.05, 0.1) is 15.8 Å². The molecule has 2 nitrogen and oxygen atoms in total. The van der Waals surface area contributed by atoms with E-state index >= 15 is 0 Å². The lowest BCUT2D eigenvalue weighted by Crippen LogP contribution is -2.22. The molecule has 106 valence electrons. The third kappa shape index (κ3) is 3.25. The van der Waals surface area contributed by atoms with Gasteiger partial charge in [-0.3, -0.25) is 0 Å². The van der Waals surface area contributed by atoms with Gasteiger partial charge in [-0.15, -0.1) is 0 Å². The average molecular weight is 310 g/mol. The number of rotatable bonds is 2. The quantitative estimate of drug-likeness (QED) is 0.561. The second-order valence-electron chi connectivity index (χ2n) is 5.89. The molecule has 1 N–H and O–H groups in total. The van der Waals surface area contributed by atoms with E-state index in [-0.39, 0.29) is 5.41 Å². The Morgan fingerprint density at radius 1 is 1.25 bits per heavy atom. The molecule has 4 heteroatoms. The molecular weight excluding hydrogens is 293 g/mol. The standard InChI is InChI=1S/C16H17Cl2NO/c1-10(11-4-5-14(17)15(18)7-11)12-6-13(19-20)9-16(2,3)8-12/h4-7,20H,1,8-9H2,2-3H3/b19-13-. The van der Waals surface area contributed by atoms with E-state index in [1.165, 1.54) is 0 Å². The lowest BCUT2D eigenvalue weighted by Gasteiger charge is -2.31. The van der Waals surface area contributed by atoms with Gasteiger partial charge >= 0.3 is 0 Å². The van der Waals surface area contributed by atoms with Crippen LogP contribution in [0.5, 0.6) is 0 Å². The van der Waals surface area contributed by atoms with Crippen molar-refractivity contribution in [1.82, 2.24) is 0 Å². The molecule has 0 unspecified atom stereocenters. The van der Waals surface area contributed by atoms with E-state index < -0.39 is 0 Å². The fourth-order valence-electron chi connectivity index (χ4n) is 2.50. The molecule has 0 saturated heterocycles. The van der Waals surface area contributed by atoms with Crippen molar-refractivity contribution in [2.24, 2.45) is 10.6 Å². The first-order valence-electron chi connectivity index (χ1n) is 6.38. The number of nitrogens with zero attached hydrogens (tertiary/aromatic N) is 1. The molecule has 0 spiro atoms. The summed E-state index contributed by atoms with van der Waals surface area (Å²) < 4.78 is 0. The molecular formula is C16H17Cl2NO. The predicted octanol–water partition coefficient (Wildman–Crippen LogP) is 5.58. The van der Waals surface area contributed by atoms with Crippen LogP contribution in [0.1, 0.15) is 32.3 Å². The minimum absolute atomic E-state index is 0.0464. The molecule has 0 atom stereocenters. The first kappa shape index (κ1) is 15.1. The highest BCUT2D eigenvalue weighted by Gasteiger charge is 2.28. The maximum Gasteiger partial charge on any atom is 0.0804 e.